The van der Waals surface area contributed by atoms with E-state index in [9.17, 15) is 13.2 Å². The lowest BCUT2D eigenvalue weighted by molar-refractivity contribution is 0.249. The van der Waals surface area contributed by atoms with Crippen molar-refractivity contribution in [3.63, 3.8) is 0 Å². The van der Waals surface area contributed by atoms with Gasteiger partial charge in [0.25, 0.3) is 0 Å². The first-order valence-corrected chi connectivity index (χ1v) is 10.0. The predicted molar refractivity (Wildman–Crippen MR) is 104 cm³/mol. The fraction of sp³-hybridized carbons (Fsp3) is 0.235. The van der Waals surface area contributed by atoms with Gasteiger partial charge in [0.15, 0.2) is 5.82 Å². The van der Waals surface area contributed by atoms with Crippen LogP contribution in [0.3, 0.4) is 0 Å². The molecule has 1 atom stereocenters. The number of hydrogen-bond donors (Lipinski definition) is 4. The van der Waals surface area contributed by atoms with E-state index in [2.05, 4.69) is 30.5 Å². The molecule has 3 rings (SSSR count). The third-order valence-electron chi connectivity index (χ3n) is 3.97. The summed E-state index contributed by atoms with van der Waals surface area (Å²) >= 11 is 0. The quantitative estimate of drug-likeness (QED) is 0.516. The average Bonchev–Trinajstić information content (AvgIpc) is 3.03. The van der Waals surface area contributed by atoms with Gasteiger partial charge in [-0.05, 0) is 19.4 Å². The number of nitrogens with zero attached hydrogens (tertiary/aromatic N) is 2. The molecule has 1 aromatic carbocycles. The summed E-state index contributed by atoms with van der Waals surface area (Å²) in [4.78, 5) is 16.3. The number of sulfonamides is 1. The fourth-order valence-corrected chi connectivity index (χ4v) is 3.05. The Morgan fingerprint density at radius 2 is 2.00 bits per heavy atom. The molecule has 0 saturated heterocycles. The Hall–Kier alpha value is -3.14. The van der Waals surface area contributed by atoms with Crippen LogP contribution in [0.25, 0.3) is 10.9 Å². The van der Waals surface area contributed by atoms with E-state index in [-0.39, 0.29) is 17.6 Å². The van der Waals surface area contributed by atoms with E-state index in [1.54, 1.807) is 6.07 Å². The first-order chi connectivity index (χ1) is 12.9. The molecular formula is C17H20N6O3S. The second-order valence-electron chi connectivity index (χ2n) is 5.92. The highest BCUT2D eigenvalue weighted by atomic mass is 32.2. The van der Waals surface area contributed by atoms with Gasteiger partial charge in [-0.15, -0.1) is 0 Å². The molecule has 0 saturated carbocycles. The summed E-state index contributed by atoms with van der Waals surface area (Å²) in [5.74, 6) is 0.427. The monoisotopic (exact) mass is 388 g/mol. The molecule has 0 spiro atoms. The first kappa shape index (κ1) is 18.6. The summed E-state index contributed by atoms with van der Waals surface area (Å²) in [7, 11) is -3.44. The lowest BCUT2D eigenvalue weighted by Gasteiger charge is -2.14. The third kappa shape index (κ3) is 4.53. The van der Waals surface area contributed by atoms with Crippen molar-refractivity contribution in [2.75, 3.05) is 15.8 Å². The lowest BCUT2D eigenvalue weighted by atomic mass is 10.1. The van der Waals surface area contributed by atoms with Crippen LogP contribution in [0, 0.1) is 0 Å². The average molecular weight is 388 g/mol. The molecule has 9 nitrogen and oxygen atoms in total. The fourth-order valence-electron chi connectivity index (χ4n) is 2.45. The van der Waals surface area contributed by atoms with Crippen molar-refractivity contribution in [3.05, 3.63) is 48.2 Å². The molecular weight excluding hydrogens is 368 g/mol. The molecule has 27 heavy (non-hydrogen) atoms. The number of pyridine rings is 1. The Bertz CT molecular complexity index is 1050. The first-order valence-electron chi connectivity index (χ1n) is 8.35. The van der Waals surface area contributed by atoms with Crippen LogP contribution in [-0.2, 0) is 10.0 Å². The molecule has 0 aliphatic heterocycles. The van der Waals surface area contributed by atoms with Crippen molar-refractivity contribution in [1.82, 2.24) is 20.5 Å². The Balaban J connectivity index is 1.70. The van der Waals surface area contributed by atoms with Gasteiger partial charge in [0.1, 0.15) is 5.82 Å². The minimum atomic E-state index is -3.44. The molecule has 0 fully saturated rings. The third-order valence-corrected chi connectivity index (χ3v) is 5.23. The summed E-state index contributed by atoms with van der Waals surface area (Å²) in [6.45, 7) is 3.42. The molecule has 10 heteroatoms. The second kappa shape index (κ2) is 7.62. The summed E-state index contributed by atoms with van der Waals surface area (Å²) < 4.78 is 25.8. The molecule has 0 bridgehead atoms. The van der Waals surface area contributed by atoms with Gasteiger partial charge in [0, 0.05) is 12.3 Å². The zero-order valence-electron chi connectivity index (χ0n) is 14.9. The number of aromatic nitrogens is 3. The van der Waals surface area contributed by atoms with Crippen LogP contribution in [0.5, 0.6) is 0 Å². The highest BCUT2D eigenvalue weighted by Gasteiger charge is 2.14. The number of carbonyl (C=O) groups is 1. The van der Waals surface area contributed by atoms with E-state index in [0.717, 1.165) is 5.56 Å². The molecule has 1 unspecified atom stereocenters. The van der Waals surface area contributed by atoms with Crippen LogP contribution in [0.1, 0.15) is 25.5 Å². The zero-order chi connectivity index (χ0) is 19.4. The predicted octanol–water partition coefficient (Wildman–Crippen LogP) is 2.60. The maximum absolute atomic E-state index is 12.2. The van der Waals surface area contributed by atoms with Gasteiger partial charge in [-0.2, -0.15) is 5.10 Å². The molecule has 0 aliphatic carbocycles. The van der Waals surface area contributed by atoms with E-state index in [1.165, 1.54) is 13.1 Å². The summed E-state index contributed by atoms with van der Waals surface area (Å²) in [5, 5.41) is 12.7. The molecule has 142 valence electrons. The van der Waals surface area contributed by atoms with Crippen molar-refractivity contribution in [1.29, 1.82) is 0 Å². The van der Waals surface area contributed by atoms with Crippen molar-refractivity contribution in [2.45, 2.75) is 19.9 Å². The van der Waals surface area contributed by atoms with Crippen LogP contribution in [-0.4, -0.2) is 35.4 Å². The van der Waals surface area contributed by atoms with E-state index in [0.29, 0.717) is 16.7 Å². The number of nitrogens with one attached hydrogen (secondary N) is 4. The van der Waals surface area contributed by atoms with Gasteiger partial charge in [-0.3, -0.25) is 15.1 Å². The lowest BCUT2D eigenvalue weighted by Crippen LogP contribution is -2.31. The van der Waals surface area contributed by atoms with E-state index < -0.39 is 16.1 Å². The zero-order valence-corrected chi connectivity index (χ0v) is 15.7. The Kier molecular flexibility index (Phi) is 5.26. The molecule has 0 radical (unpaired) electrons. The highest BCUT2D eigenvalue weighted by Crippen LogP contribution is 2.22. The molecule has 0 aliphatic rings. The van der Waals surface area contributed by atoms with Gasteiger partial charge in [-0.1, -0.05) is 30.3 Å². The van der Waals surface area contributed by atoms with Crippen LogP contribution < -0.4 is 15.4 Å². The summed E-state index contributed by atoms with van der Waals surface area (Å²) in [5.41, 5.74) is 1.53. The SMILES string of the molecule is CCS(=O)(=O)Nc1n[nH]c2cc(NC(=O)NC(C)c3ccccc3)ncc12. The minimum Gasteiger partial charge on any atom is -0.331 e. The van der Waals surface area contributed by atoms with Crippen molar-refractivity contribution in [3.8, 4) is 0 Å². The minimum absolute atomic E-state index is 0.0613. The van der Waals surface area contributed by atoms with Gasteiger partial charge < -0.3 is 5.32 Å². The Morgan fingerprint density at radius 1 is 1.26 bits per heavy atom. The van der Waals surface area contributed by atoms with Crippen LogP contribution >= 0.6 is 0 Å². The number of carbonyl (C=O) groups excluding carboxylic acids is 1. The number of rotatable bonds is 6. The van der Waals surface area contributed by atoms with Crippen molar-refractivity contribution >= 4 is 38.6 Å². The van der Waals surface area contributed by atoms with Crippen LogP contribution in [0.15, 0.2) is 42.6 Å². The van der Waals surface area contributed by atoms with E-state index in [1.807, 2.05) is 37.3 Å². The van der Waals surface area contributed by atoms with Gasteiger partial charge in [-0.25, -0.2) is 18.2 Å². The smallest absolute Gasteiger partial charge is 0.320 e. The van der Waals surface area contributed by atoms with Gasteiger partial charge >= 0.3 is 6.03 Å². The maximum Gasteiger partial charge on any atom is 0.320 e. The number of anilines is 2. The number of hydrogen-bond acceptors (Lipinski definition) is 5. The topological polar surface area (TPSA) is 129 Å². The standard InChI is InChI=1S/C17H20N6O3S/c1-3-27(25,26)23-16-13-10-18-15(9-14(13)21-22-16)20-17(24)19-11(2)12-7-5-4-6-8-12/h4-11H,3H2,1-2H3,(H2,21,22,23)(H2,18,19,20,24). The van der Waals surface area contributed by atoms with Crippen LogP contribution in [0.4, 0.5) is 16.4 Å². The van der Waals surface area contributed by atoms with E-state index >= 15 is 0 Å². The molecule has 4 N–H and O–H groups in total. The number of urea groups is 1. The Morgan fingerprint density at radius 3 is 2.70 bits per heavy atom. The van der Waals surface area contributed by atoms with Crippen molar-refractivity contribution < 1.29 is 13.2 Å². The molecule has 2 aromatic heterocycles. The largest absolute Gasteiger partial charge is 0.331 e. The second-order valence-corrected chi connectivity index (χ2v) is 7.93. The number of aromatic amines is 1. The van der Waals surface area contributed by atoms with Gasteiger partial charge in [0.05, 0.1) is 22.7 Å². The molecule has 3 aromatic rings. The molecule has 2 heterocycles. The number of benzene rings is 1. The normalized spacial score (nSPS) is 12.5. The van der Waals surface area contributed by atoms with Crippen LogP contribution in [0.2, 0.25) is 0 Å². The summed E-state index contributed by atoms with van der Waals surface area (Å²) in [6.07, 6.45) is 1.45. The van der Waals surface area contributed by atoms with Crippen molar-refractivity contribution in [2.24, 2.45) is 0 Å². The molecule has 2 amide bonds. The van der Waals surface area contributed by atoms with E-state index in [4.69, 9.17) is 0 Å². The Labute approximate surface area is 156 Å². The maximum atomic E-state index is 12.2. The number of amides is 2. The highest BCUT2D eigenvalue weighted by molar-refractivity contribution is 7.92. The number of fused-ring (bicyclic) bond motifs is 1. The summed E-state index contributed by atoms with van der Waals surface area (Å²) in [6, 6.07) is 10.6. The van der Waals surface area contributed by atoms with Gasteiger partial charge in [0.2, 0.25) is 10.0 Å². The number of H-pyrrole nitrogens is 1.